The van der Waals surface area contributed by atoms with E-state index in [-0.39, 0.29) is 13.1 Å². The number of furan rings is 1. The summed E-state index contributed by atoms with van der Waals surface area (Å²) in [5.74, 6) is 1.95. The third-order valence-electron chi connectivity index (χ3n) is 3.69. The van der Waals surface area contributed by atoms with Crippen molar-refractivity contribution in [2.24, 2.45) is 10.1 Å². The van der Waals surface area contributed by atoms with E-state index in [9.17, 15) is 0 Å². The van der Waals surface area contributed by atoms with Crippen molar-refractivity contribution >= 4 is 38.3 Å². The van der Waals surface area contributed by atoms with Crippen LogP contribution in [-0.2, 0) is 13.1 Å². The maximum absolute atomic E-state index is 5.67. The molecular weight excluding hydrogens is 439 g/mol. The minimum absolute atomic E-state index is 0.194. The van der Waals surface area contributed by atoms with E-state index in [1.807, 2.05) is 42.5 Å². The van der Waals surface area contributed by atoms with E-state index >= 15 is 0 Å². The van der Waals surface area contributed by atoms with Gasteiger partial charge >= 0.3 is 33.3 Å². The van der Waals surface area contributed by atoms with Crippen LogP contribution >= 0.6 is 20.2 Å². The summed E-state index contributed by atoms with van der Waals surface area (Å²) in [4.78, 5) is 9.83. The number of benzene rings is 2. The Morgan fingerprint density at radius 3 is 2.07 bits per heavy atom. The van der Waals surface area contributed by atoms with Crippen molar-refractivity contribution in [3.8, 4) is 5.75 Å². The molecule has 0 saturated heterocycles. The third kappa shape index (κ3) is 7.17. The van der Waals surface area contributed by atoms with Crippen molar-refractivity contribution < 1.29 is 22.4 Å². The van der Waals surface area contributed by atoms with Crippen molar-refractivity contribution in [1.29, 1.82) is 0 Å². The SMILES string of the molecule is Cc1cc(C)c(N=Cc2ccc(/C=N/Oc3ccccc3)o2)c(C)c1.[Cl][Fe][Cl]. The fraction of sp³-hybridized carbons (Fsp3) is 0.143. The predicted octanol–water partition coefficient (Wildman–Crippen LogP) is 6.74. The molecule has 0 fully saturated rings. The average molecular weight is 459 g/mol. The van der Waals surface area contributed by atoms with E-state index in [1.165, 1.54) is 11.8 Å². The molecule has 0 saturated carbocycles. The maximum atomic E-state index is 5.67. The Morgan fingerprint density at radius 2 is 1.46 bits per heavy atom. The van der Waals surface area contributed by atoms with Gasteiger partial charge in [-0.3, -0.25) is 4.99 Å². The molecule has 0 atom stereocenters. The van der Waals surface area contributed by atoms with Crippen molar-refractivity contribution in [2.75, 3.05) is 0 Å². The first-order valence-corrected chi connectivity index (χ1v) is 11.4. The van der Waals surface area contributed by atoms with E-state index in [2.05, 4.69) is 43.1 Å². The second kappa shape index (κ2) is 11.7. The summed E-state index contributed by atoms with van der Waals surface area (Å²) in [7, 11) is 9.53. The molecule has 0 amide bonds. The molecule has 2 aromatic carbocycles. The molecule has 0 radical (unpaired) electrons. The van der Waals surface area contributed by atoms with Gasteiger partial charge in [-0.1, -0.05) is 41.1 Å². The Labute approximate surface area is 179 Å². The number of hydrogen-bond acceptors (Lipinski definition) is 4. The molecular formula is C21H20Cl2FeN2O2. The zero-order chi connectivity index (χ0) is 20.4. The van der Waals surface area contributed by atoms with Crippen molar-refractivity contribution in [2.45, 2.75) is 20.8 Å². The number of para-hydroxylation sites is 1. The summed E-state index contributed by atoms with van der Waals surface area (Å²) in [6, 6.07) is 17.3. The standard InChI is InChI=1S/C21H20N2O2.2ClH.Fe/c1-15-11-16(2)21(17(3)12-15)22-13-19-9-10-20(24-19)14-23-25-18-7-5-4-6-8-18;;;/h4-14H,1-3H3;2*1H;/q;;;+2/p-2/b22-13?,23-14+;;;. The van der Waals surface area contributed by atoms with Gasteiger partial charge in [-0.05, 0) is 56.2 Å². The van der Waals surface area contributed by atoms with Gasteiger partial charge in [0, 0.05) is 0 Å². The van der Waals surface area contributed by atoms with E-state index < -0.39 is 0 Å². The monoisotopic (exact) mass is 458 g/mol. The van der Waals surface area contributed by atoms with Crippen molar-refractivity contribution in [3.05, 3.63) is 82.8 Å². The molecule has 7 heteroatoms. The van der Waals surface area contributed by atoms with Crippen LogP contribution in [-0.4, -0.2) is 12.4 Å². The molecule has 0 unspecified atom stereocenters. The number of hydrogen-bond donors (Lipinski definition) is 0. The van der Waals surface area contributed by atoms with Gasteiger partial charge in [0.15, 0.2) is 5.75 Å². The van der Waals surface area contributed by atoms with Gasteiger partial charge in [0.1, 0.15) is 17.7 Å². The number of aryl methyl sites for hydroxylation is 3. The summed E-state index contributed by atoms with van der Waals surface area (Å²) in [6.07, 6.45) is 3.26. The quantitative estimate of drug-likeness (QED) is 0.241. The van der Waals surface area contributed by atoms with Crippen LogP contribution in [0.1, 0.15) is 28.2 Å². The molecule has 0 aliphatic carbocycles. The van der Waals surface area contributed by atoms with E-state index in [4.69, 9.17) is 29.5 Å². The van der Waals surface area contributed by atoms with E-state index in [1.54, 1.807) is 6.21 Å². The van der Waals surface area contributed by atoms with Crippen LogP contribution in [0.15, 0.2) is 69.2 Å². The summed E-state index contributed by atoms with van der Waals surface area (Å²) in [5.41, 5.74) is 4.52. The molecule has 28 heavy (non-hydrogen) atoms. The van der Waals surface area contributed by atoms with Crippen LogP contribution in [0, 0.1) is 20.8 Å². The number of aliphatic imine (C=N–C) groups is 1. The Kier molecular flexibility index (Phi) is 9.32. The molecule has 4 nitrogen and oxygen atoms in total. The zero-order valence-corrected chi connectivity index (χ0v) is 18.3. The van der Waals surface area contributed by atoms with Gasteiger partial charge in [-0.2, -0.15) is 0 Å². The Balaban J connectivity index is 0.000000878. The van der Waals surface area contributed by atoms with Gasteiger partial charge < -0.3 is 9.25 Å². The fourth-order valence-electron chi connectivity index (χ4n) is 2.63. The summed E-state index contributed by atoms with van der Waals surface area (Å²) >= 11 is 0.194. The topological polar surface area (TPSA) is 47.1 Å². The molecule has 1 aromatic heterocycles. The summed E-state index contributed by atoms with van der Waals surface area (Å²) in [5, 5.41) is 3.92. The second-order valence-corrected chi connectivity index (χ2v) is 7.76. The molecule has 148 valence electrons. The van der Waals surface area contributed by atoms with Crippen LogP contribution in [0.2, 0.25) is 0 Å². The van der Waals surface area contributed by atoms with Crippen molar-refractivity contribution in [3.63, 3.8) is 0 Å². The summed E-state index contributed by atoms with van der Waals surface area (Å²) in [6.45, 7) is 6.21. The third-order valence-corrected chi connectivity index (χ3v) is 3.69. The number of nitrogens with zero attached hydrogens (tertiary/aromatic N) is 2. The molecule has 0 bridgehead atoms. The van der Waals surface area contributed by atoms with Gasteiger partial charge in [-0.15, -0.1) is 0 Å². The van der Waals surface area contributed by atoms with Crippen molar-refractivity contribution in [1.82, 2.24) is 0 Å². The fourth-order valence-corrected chi connectivity index (χ4v) is 2.63. The zero-order valence-electron chi connectivity index (χ0n) is 15.7. The number of rotatable bonds is 5. The molecule has 0 aliphatic heterocycles. The number of oxime groups is 1. The van der Waals surface area contributed by atoms with Crippen LogP contribution in [0.4, 0.5) is 5.69 Å². The number of halogens is 2. The van der Waals surface area contributed by atoms with Gasteiger partial charge in [0.25, 0.3) is 0 Å². The Hall–Kier alpha value is -2.04. The first-order chi connectivity index (χ1) is 13.5. The summed E-state index contributed by atoms with van der Waals surface area (Å²) < 4.78 is 5.67. The first-order valence-electron chi connectivity index (χ1n) is 8.36. The molecule has 3 rings (SSSR count). The average Bonchev–Trinajstić information content (AvgIpc) is 3.10. The second-order valence-electron chi connectivity index (χ2n) is 5.94. The molecule has 3 aromatic rings. The van der Waals surface area contributed by atoms with Crippen LogP contribution in [0.3, 0.4) is 0 Å². The Morgan fingerprint density at radius 1 is 0.893 bits per heavy atom. The first kappa shape index (κ1) is 22.3. The Bertz CT molecular complexity index is 918. The molecule has 0 spiro atoms. The van der Waals surface area contributed by atoms with Crippen LogP contribution in [0.5, 0.6) is 5.75 Å². The predicted molar refractivity (Wildman–Crippen MR) is 113 cm³/mol. The molecule has 0 N–H and O–H groups in total. The molecule has 0 aliphatic rings. The van der Waals surface area contributed by atoms with Crippen LogP contribution < -0.4 is 4.84 Å². The van der Waals surface area contributed by atoms with Gasteiger partial charge in [-0.25, -0.2) is 0 Å². The van der Waals surface area contributed by atoms with Gasteiger partial charge in [0.2, 0.25) is 0 Å². The minimum atomic E-state index is 0.194. The van der Waals surface area contributed by atoms with Gasteiger partial charge in [0.05, 0.1) is 11.9 Å². The van der Waals surface area contributed by atoms with E-state index in [0.29, 0.717) is 17.3 Å². The molecule has 1 heterocycles. The normalized spacial score (nSPS) is 11.0. The van der Waals surface area contributed by atoms with E-state index in [0.717, 1.165) is 16.8 Å². The van der Waals surface area contributed by atoms with Crippen LogP contribution in [0.25, 0.3) is 0 Å².